The number of aromatic nitrogens is 1. The number of rotatable bonds is 6. The predicted molar refractivity (Wildman–Crippen MR) is 102 cm³/mol. The van der Waals surface area contributed by atoms with Gasteiger partial charge in [-0.2, -0.15) is 13.2 Å². The van der Waals surface area contributed by atoms with Gasteiger partial charge in [0.1, 0.15) is 5.88 Å². The number of pyridine rings is 1. The van der Waals surface area contributed by atoms with Crippen molar-refractivity contribution in [3.63, 3.8) is 0 Å². The van der Waals surface area contributed by atoms with Gasteiger partial charge in [-0.1, -0.05) is 18.5 Å². The van der Waals surface area contributed by atoms with Crippen molar-refractivity contribution in [2.24, 2.45) is 0 Å². The van der Waals surface area contributed by atoms with E-state index in [1.165, 1.54) is 24.4 Å². The van der Waals surface area contributed by atoms with E-state index in [1.54, 1.807) is 6.92 Å². The Morgan fingerprint density at radius 3 is 2.54 bits per heavy atom. The van der Waals surface area contributed by atoms with Crippen molar-refractivity contribution in [3.05, 3.63) is 52.8 Å². The summed E-state index contributed by atoms with van der Waals surface area (Å²) in [6, 6.07) is 5.70. The van der Waals surface area contributed by atoms with Crippen LogP contribution in [0.25, 0.3) is 0 Å². The van der Waals surface area contributed by atoms with Crippen LogP contribution in [0.3, 0.4) is 0 Å². The smallest absolute Gasteiger partial charge is 0.319 e. The molecule has 0 aliphatic heterocycles. The van der Waals surface area contributed by atoms with Crippen LogP contribution in [0, 0.1) is 0 Å². The van der Waals surface area contributed by atoms with E-state index in [0.29, 0.717) is 12.5 Å². The number of anilines is 2. The molecule has 2 aromatic rings. The molecular formula is C18H16Cl2F3N3O2. The standard InChI is InChI=1S/C18H16Cl2F3N3O2/c1-2-6-26(15(27)10-19)13-8-11(7-12(9-13)18(21,22)23)17(28)25-14-4-3-5-24-16(14)20/h3-5,7-9H,2,6,10H2,1H3,(H,25,28). The lowest BCUT2D eigenvalue weighted by Crippen LogP contribution is -2.33. The van der Waals surface area contributed by atoms with E-state index in [2.05, 4.69) is 10.3 Å². The van der Waals surface area contributed by atoms with Crippen molar-refractivity contribution in [1.29, 1.82) is 0 Å². The lowest BCUT2D eigenvalue weighted by Gasteiger charge is -2.23. The molecule has 0 radical (unpaired) electrons. The number of alkyl halides is 4. The van der Waals surface area contributed by atoms with E-state index in [4.69, 9.17) is 23.2 Å². The summed E-state index contributed by atoms with van der Waals surface area (Å²) in [5.74, 6) is -1.79. The van der Waals surface area contributed by atoms with E-state index < -0.39 is 29.4 Å². The lowest BCUT2D eigenvalue weighted by atomic mass is 10.1. The molecule has 150 valence electrons. The maximum atomic E-state index is 13.3. The fourth-order valence-electron chi connectivity index (χ4n) is 2.43. The minimum atomic E-state index is -4.71. The second-order valence-corrected chi connectivity index (χ2v) is 6.37. The number of hydrogen-bond acceptors (Lipinski definition) is 3. The summed E-state index contributed by atoms with van der Waals surface area (Å²) in [6.07, 6.45) is -2.81. The SMILES string of the molecule is CCCN(C(=O)CCl)c1cc(C(=O)Nc2cccnc2Cl)cc(C(F)(F)F)c1. The van der Waals surface area contributed by atoms with E-state index in [0.717, 1.165) is 11.0 Å². The molecule has 2 amide bonds. The van der Waals surface area contributed by atoms with Gasteiger partial charge in [0.15, 0.2) is 5.15 Å². The number of carbonyl (C=O) groups is 2. The first-order valence-corrected chi connectivity index (χ1v) is 9.09. The molecular weight excluding hydrogens is 418 g/mol. The van der Waals surface area contributed by atoms with E-state index >= 15 is 0 Å². The molecule has 0 unspecified atom stereocenters. The highest BCUT2D eigenvalue weighted by Crippen LogP contribution is 2.33. The van der Waals surface area contributed by atoms with Crippen molar-refractivity contribution < 1.29 is 22.8 Å². The quantitative estimate of drug-likeness (QED) is 0.515. The molecule has 1 N–H and O–H groups in total. The molecule has 1 aromatic heterocycles. The minimum absolute atomic E-state index is 0.00650. The van der Waals surface area contributed by atoms with Gasteiger partial charge in [0, 0.05) is 24.0 Å². The van der Waals surface area contributed by atoms with Gasteiger partial charge >= 0.3 is 6.18 Å². The summed E-state index contributed by atoms with van der Waals surface area (Å²) in [5.41, 5.74) is -1.26. The topological polar surface area (TPSA) is 62.3 Å². The molecule has 0 spiro atoms. The van der Waals surface area contributed by atoms with Gasteiger partial charge in [0.25, 0.3) is 5.91 Å². The molecule has 0 atom stereocenters. The van der Waals surface area contributed by atoms with Crippen molar-refractivity contribution in [2.45, 2.75) is 19.5 Å². The second-order valence-electron chi connectivity index (χ2n) is 5.74. The van der Waals surface area contributed by atoms with E-state index in [9.17, 15) is 22.8 Å². The summed E-state index contributed by atoms with van der Waals surface area (Å²) in [6.45, 7) is 1.92. The van der Waals surface area contributed by atoms with Gasteiger partial charge < -0.3 is 10.2 Å². The molecule has 10 heteroatoms. The van der Waals surface area contributed by atoms with Crippen LogP contribution >= 0.6 is 23.2 Å². The van der Waals surface area contributed by atoms with Crippen LogP contribution in [0.1, 0.15) is 29.3 Å². The summed E-state index contributed by atoms with van der Waals surface area (Å²) >= 11 is 11.4. The zero-order valence-electron chi connectivity index (χ0n) is 14.7. The fourth-order valence-corrected chi connectivity index (χ4v) is 2.74. The van der Waals surface area contributed by atoms with Crippen molar-refractivity contribution in [3.8, 4) is 0 Å². The van der Waals surface area contributed by atoms with Crippen molar-refractivity contribution in [1.82, 2.24) is 4.98 Å². The highest BCUT2D eigenvalue weighted by atomic mass is 35.5. The first-order chi connectivity index (χ1) is 13.2. The number of amides is 2. The third-order valence-electron chi connectivity index (χ3n) is 3.69. The number of carbonyl (C=O) groups excluding carboxylic acids is 2. The van der Waals surface area contributed by atoms with Crippen LogP contribution in [0.2, 0.25) is 5.15 Å². The fraction of sp³-hybridized carbons (Fsp3) is 0.278. The zero-order chi connectivity index (χ0) is 20.9. The Kier molecular flexibility index (Phi) is 7.26. The average molecular weight is 434 g/mol. The van der Waals surface area contributed by atoms with E-state index in [-0.39, 0.29) is 28.6 Å². The first-order valence-electron chi connectivity index (χ1n) is 8.17. The van der Waals surface area contributed by atoms with Gasteiger partial charge in [-0.15, -0.1) is 11.6 Å². The van der Waals surface area contributed by atoms with Crippen LogP contribution in [-0.2, 0) is 11.0 Å². The third-order valence-corrected chi connectivity index (χ3v) is 4.22. The molecule has 0 bridgehead atoms. The van der Waals surface area contributed by atoms with Crippen LogP contribution in [0.15, 0.2) is 36.5 Å². The normalized spacial score (nSPS) is 11.2. The predicted octanol–water partition coefficient (Wildman–Crippen LogP) is 4.99. The Morgan fingerprint density at radius 2 is 1.96 bits per heavy atom. The Labute approximate surface area is 169 Å². The highest BCUT2D eigenvalue weighted by Gasteiger charge is 2.33. The van der Waals surface area contributed by atoms with Gasteiger partial charge in [-0.25, -0.2) is 4.98 Å². The molecule has 1 aromatic carbocycles. The average Bonchev–Trinajstić information content (AvgIpc) is 2.66. The maximum Gasteiger partial charge on any atom is 0.416 e. The molecule has 0 aliphatic rings. The molecule has 0 fully saturated rings. The van der Waals surface area contributed by atoms with Gasteiger partial charge in [0.2, 0.25) is 5.91 Å². The number of nitrogens with zero attached hydrogens (tertiary/aromatic N) is 2. The number of nitrogens with one attached hydrogen (secondary N) is 1. The zero-order valence-corrected chi connectivity index (χ0v) is 16.2. The van der Waals surface area contributed by atoms with Gasteiger partial charge in [-0.05, 0) is 36.8 Å². The monoisotopic (exact) mass is 433 g/mol. The Morgan fingerprint density at radius 1 is 1.25 bits per heavy atom. The summed E-state index contributed by atoms with van der Waals surface area (Å²) in [7, 11) is 0. The van der Waals surface area contributed by atoms with Crippen molar-refractivity contribution >= 4 is 46.4 Å². The summed E-state index contributed by atoms with van der Waals surface area (Å²) in [4.78, 5) is 29.5. The van der Waals surface area contributed by atoms with Gasteiger partial charge in [-0.3, -0.25) is 9.59 Å². The molecule has 5 nitrogen and oxygen atoms in total. The van der Waals surface area contributed by atoms with Gasteiger partial charge in [0.05, 0.1) is 11.3 Å². The Balaban J connectivity index is 2.49. The molecule has 0 saturated heterocycles. The van der Waals surface area contributed by atoms with Crippen LogP contribution in [-0.4, -0.2) is 29.2 Å². The molecule has 0 aliphatic carbocycles. The lowest BCUT2D eigenvalue weighted by molar-refractivity contribution is -0.137. The Bertz CT molecular complexity index is 875. The van der Waals surface area contributed by atoms with Crippen molar-refractivity contribution in [2.75, 3.05) is 22.6 Å². The van der Waals surface area contributed by atoms with E-state index in [1.807, 2.05) is 0 Å². The summed E-state index contributed by atoms with van der Waals surface area (Å²) in [5, 5.41) is 2.41. The Hall–Kier alpha value is -2.32. The first kappa shape index (κ1) is 22.0. The third kappa shape index (κ3) is 5.36. The maximum absolute atomic E-state index is 13.3. The highest BCUT2D eigenvalue weighted by molar-refractivity contribution is 6.32. The molecule has 1 heterocycles. The molecule has 0 saturated carbocycles. The number of benzene rings is 1. The van der Waals surface area contributed by atoms with Crippen LogP contribution in [0.4, 0.5) is 24.5 Å². The number of hydrogen-bond donors (Lipinski definition) is 1. The summed E-state index contributed by atoms with van der Waals surface area (Å²) < 4.78 is 40.0. The second kappa shape index (κ2) is 9.25. The van der Waals surface area contributed by atoms with Crippen LogP contribution in [0.5, 0.6) is 0 Å². The molecule has 2 rings (SSSR count). The largest absolute Gasteiger partial charge is 0.416 e. The number of halogens is 5. The molecule has 28 heavy (non-hydrogen) atoms. The van der Waals surface area contributed by atoms with Crippen LogP contribution < -0.4 is 10.2 Å². The minimum Gasteiger partial charge on any atom is -0.319 e.